The van der Waals surface area contributed by atoms with Crippen LogP contribution in [0.3, 0.4) is 0 Å². The summed E-state index contributed by atoms with van der Waals surface area (Å²) >= 11 is 0. The summed E-state index contributed by atoms with van der Waals surface area (Å²) in [7, 11) is 0. The Kier molecular flexibility index (Phi) is 6.79. The van der Waals surface area contributed by atoms with Crippen molar-refractivity contribution in [1.29, 1.82) is 0 Å². The third kappa shape index (κ3) is 5.47. The zero-order chi connectivity index (χ0) is 29.9. The van der Waals surface area contributed by atoms with Gasteiger partial charge in [0.05, 0.1) is 37.2 Å². The predicted octanol–water partition coefficient (Wildman–Crippen LogP) is 4.08. The van der Waals surface area contributed by atoms with Crippen LogP contribution in [0.2, 0.25) is 0 Å². The summed E-state index contributed by atoms with van der Waals surface area (Å²) < 4.78 is 89.8. The fourth-order valence-corrected chi connectivity index (χ4v) is 5.39. The lowest BCUT2D eigenvalue weighted by Gasteiger charge is -2.33. The number of rotatable bonds is 7. The van der Waals surface area contributed by atoms with Crippen LogP contribution in [0.4, 0.5) is 31.1 Å². The van der Waals surface area contributed by atoms with E-state index in [1.165, 1.54) is 23.0 Å². The number of nitrogens with zero attached hydrogens (tertiary/aromatic N) is 6. The number of amides is 3. The molecule has 4 heterocycles. The number of aromatic nitrogens is 5. The van der Waals surface area contributed by atoms with Crippen molar-refractivity contribution < 1.29 is 40.6 Å². The second-order valence-corrected chi connectivity index (χ2v) is 11.2. The van der Waals surface area contributed by atoms with Crippen molar-refractivity contribution in [2.24, 2.45) is 5.92 Å². The minimum Gasteiger partial charge on any atom is -0.342 e. The molecule has 17 heteroatoms. The van der Waals surface area contributed by atoms with Crippen molar-refractivity contribution in [3.05, 3.63) is 41.1 Å². The maximum Gasteiger partial charge on any atom is 0.329 e. The molecule has 0 radical (unpaired) electrons. The van der Waals surface area contributed by atoms with E-state index in [4.69, 9.17) is 4.63 Å². The largest absolute Gasteiger partial charge is 0.342 e. The minimum absolute atomic E-state index is 0.0194. The van der Waals surface area contributed by atoms with Gasteiger partial charge in [0.2, 0.25) is 5.92 Å². The predicted molar refractivity (Wildman–Crippen MR) is 130 cm³/mol. The molecule has 0 unspecified atom stereocenters. The number of hydrogen-bond donors (Lipinski definition) is 2. The van der Waals surface area contributed by atoms with Gasteiger partial charge in [0.15, 0.2) is 11.3 Å². The van der Waals surface area contributed by atoms with E-state index in [1.54, 1.807) is 0 Å². The van der Waals surface area contributed by atoms with Crippen LogP contribution in [-0.2, 0) is 6.54 Å². The number of halogens is 6. The summed E-state index contributed by atoms with van der Waals surface area (Å²) in [6, 6.07) is -0.452. The average molecular weight is 601 g/mol. The van der Waals surface area contributed by atoms with E-state index in [2.05, 4.69) is 25.7 Å². The second-order valence-electron chi connectivity index (χ2n) is 11.2. The normalized spacial score (nSPS) is 22.9. The summed E-state index contributed by atoms with van der Waals surface area (Å²) in [4.78, 5) is 30.6. The fourth-order valence-electron chi connectivity index (χ4n) is 5.39. The molecular weight excluding hydrogens is 574 g/mol. The Bertz CT molecular complexity index is 1500. The molecule has 6 rings (SSSR count). The van der Waals surface area contributed by atoms with E-state index in [-0.39, 0.29) is 48.5 Å². The number of alkyl halides is 6. The molecule has 3 aromatic heterocycles. The third-order valence-corrected chi connectivity index (χ3v) is 7.97. The van der Waals surface area contributed by atoms with Crippen LogP contribution in [0.5, 0.6) is 0 Å². The highest BCUT2D eigenvalue weighted by Gasteiger charge is 2.59. The number of hydrogen-bond acceptors (Lipinski definition) is 7. The van der Waals surface area contributed by atoms with Crippen LogP contribution >= 0.6 is 0 Å². The molecule has 0 bridgehead atoms. The van der Waals surface area contributed by atoms with E-state index < -0.39 is 61.3 Å². The van der Waals surface area contributed by atoms with Gasteiger partial charge in [-0.3, -0.25) is 4.79 Å². The lowest BCUT2D eigenvalue weighted by molar-refractivity contribution is -0.204. The molecule has 3 fully saturated rings. The second kappa shape index (κ2) is 10.1. The van der Waals surface area contributed by atoms with Crippen LogP contribution in [0, 0.1) is 5.92 Å². The van der Waals surface area contributed by atoms with Crippen molar-refractivity contribution in [1.82, 2.24) is 40.4 Å². The molecule has 1 saturated heterocycles. The van der Waals surface area contributed by atoms with Gasteiger partial charge in [-0.15, -0.1) is 0 Å². The highest BCUT2D eigenvalue weighted by atomic mass is 19.3. The maximum absolute atomic E-state index is 14.1. The van der Waals surface area contributed by atoms with Gasteiger partial charge < -0.3 is 15.5 Å². The summed E-state index contributed by atoms with van der Waals surface area (Å²) in [5.74, 6) is -12.6. The van der Waals surface area contributed by atoms with Gasteiger partial charge in [0.1, 0.15) is 5.69 Å². The van der Waals surface area contributed by atoms with Crippen LogP contribution in [-0.4, -0.2) is 72.6 Å². The molecule has 1 aliphatic heterocycles. The SMILES string of the molecule is O=C(N[C@H](c1cn2ncc(CN3CC(F)(F)C(F)(F)CNC3=O)cc2n1)C1CCC(F)(F)CC1)c1nonc1C1CC1. The first-order valence-electron chi connectivity index (χ1n) is 13.5. The molecular formula is C25H26F6N8O3. The van der Waals surface area contributed by atoms with Crippen LogP contribution in [0.1, 0.15) is 77.9 Å². The monoisotopic (exact) mass is 600 g/mol. The Hall–Kier alpha value is -3.92. The smallest absolute Gasteiger partial charge is 0.329 e. The number of imidazole rings is 1. The van der Waals surface area contributed by atoms with E-state index in [1.807, 2.05) is 5.32 Å². The zero-order valence-corrected chi connectivity index (χ0v) is 22.0. The van der Waals surface area contributed by atoms with Gasteiger partial charge in [0.25, 0.3) is 5.91 Å². The Balaban J connectivity index is 1.26. The van der Waals surface area contributed by atoms with E-state index in [9.17, 15) is 35.9 Å². The van der Waals surface area contributed by atoms with Gasteiger partial charge in [0, 0.05) is 25.3 Å². The lowest BCUT2D eigenvalue weighted by atomic mass is 9.81. The molecule has 3 amide bonds. The molecule has 11 nitrogen and oxygen atoms in total. The maximum atomic E-state index is 14.1. The van der Waals surface area contributed by atoms with Crippen LogP contribution < -0.4 is 10.6 Å². The molecule has 0 aromatic carbocycles. The Morgan fingerprint density at radius 1 is 1.10 bits per heavy atom. The van der Waals surface area contributed by atoms with Crippen molar-refractivity contribution in [2.75, 3.05) is 13.1 Å². The Labute approximate surface area is 234 Å². The summed E-state index contributed by atoms with van der Waals surface area (Å²) in [5, 5.41) is 16.4. The van der Waals surface area contributed by atoms with E-state index >= 15 is 0 Å². The summed E-state index contributed by atoms with van der Waals surface area (Å²) in [5.41, 5.74) is 1.20. The molecule has 2 saturated carbocycles. The van der Waals surface area contributed by atoms with Crippen molar-refractivity contribution in [3.63, 3.8) is 0 Å². The highest BCUT2D eigenvalue weighted by molar-refractivity contribution is 5.93. The molecule has 2 aliphatic carbocycles. The Morgan fingerprint density at radius 2 is 1.83 bits per heavy atom. The number of carbonyl (C=O) groups is 2. The van der Waals surface area contributed by atoms with Crippen molar-refractivity contribution in [3.8, 4) is 0 Å². The molecule has 42 heavy (non-hydrogen) atoms. The summed E-state index contributed by atoms with van der Waals surface area (Å²) in [6.07, 6.45) is 3.96. The fraction of sp³-hybridized carbons (Fsp3) is 0.600. The number of carbonyl (C=O) groups excluding carboxylic acids is 2. The third-order valence-electron chi connectivity index (χ3n) is 7.97. The zero-order valence-electron chi connectivity index (χ0n) is 22.0. The van der Waals surface area contributed by atoms with Gasteiger partial charge >= 0.3 is 17.9 Å². The van der Waals surface area contributed by atoms with E-state index in [0.29, 0.717) is 16.3 Å². The average Bonchev–Trinajstić information content (AvgIpc) is 3.51. The highest BCUT2D eigenvalue weighted by Crippen LogP contribution is 2.43. The van der Waals surface area contributed by atoms with Gasteiger partial charge in [-0.1, -0.05) is 5.16 Å². The van der Waals surface area contributed by atoms with Crippen LogP contribution in [0.15, 0.2) is 23.1 Å². The molecule has 2 N–H and O–H groups in total. The van der Waals surface area contributed by atoms with Crippen molar-refractivity contribution >= 4 is 17.6 Å². The quantitative estimate of drug-likeness (QED) is 0.391. The first kappa shape index (κ1) is 28.2. The molecule has 1 atom stereocenters. The van der Waals surface area contributed by atoms with Gasteiger partial charge in [-0.25, -0.2) is 27.7 Å². The molecule has 3 aromatic rings. The first-order chi connectivity index (χ1) is 19.8. The number of fused-ring (bicyclic) bond motifs is 1. The topological polar surface area (TPSA) is 131 Å². The van der Waals surface area contributed by atoms with E-state index in [0.717, 1.165) is 12.8 Å². The Morgan fingerprint density at radius 3 is 2.55 bits per heavy atom. The van der Waals surface area contributed by atoms with Gasteiger partial charge in [-0.2, -0.15) is 22.7 Å². The number of urea groups is 1. The molecule has 3 aliphatic rings. The molecule has 0 spiro atoms. The summed E-state index contributed by atoms with van der Waals surface area (Å²) in [6.45, 7) is -3.45. The standard InChI is InChI=1S/C25H26F6N8O3/c26-23(27)5-3-15(4-6-23)18(35-21(40)20-19(14-1-2-14)36-42-37-20)16-10-39-17(34-16)7-13(8-33-39)9-38-12-25(30,31)24(28,29)11-32-22(38)41/h7-8,10,14-15,18H,1-6,9,11-12H2,(H,32,41)(H,35,40)/t18-/m0/s1. The first-order valence-corrected chi connectivity index (χ1v) is 13.5. The van der Waals surface area contributed by atoms with Crippen LogP contribution in [0.25, 0.3) is 5.65 Å². The van der Waals surface area contributed by atoms with Crippen molar-refractivity contribution in [2.45, 2.75) is 74.8 Å². The van der Waals surface area contributed by atoms with Gasteiger partial charge in [-0.05, 0) is 48.4 Å². The minimum atomic E-state index is -4.45. The number of nitrogens with one attached hydrogen (secondary N) is 2. The lowest BCUT2D eigenvalue weighted by Crippen LogP contribution is -2.48. The molecule has 226 valence electrons.